The Hall–Kier alpha value is -2.61. The van der Waals surface area contributed by atoms with Gasteiger partial charge in [0.05, 0.1) is 12.4 Å². The Balaban J connectivity index is 1.85. The van der Waals surface area contributed by atoms with E-state index in [2.05, 4.69) is 4.98 Å². The third kappa shape index (κ3) is 5.69. The van der Waals surface area contributed by atoms with Crippen LogP contribution in [0.15, 0.2) is 24.3 Å². The fourth-order valence-corrected chi connectivity index (χ4v) is 3.45. The smallest absolute Gasteiger partial charge is 0.355 e. The largest absolute Gasteiger partial charge is 0.461 e. The maximum Gasteiger partial charge on any atom is 0.355 e. The fourth-order valence-electron chi connectivity index (χ4n) is 2.67. The number of Topliss-reactive ketones (excluding diaryl/α,β-unsaturated/α-hetero) is 1. The molecule has 1 heterocycles. The molecule has 0 fully saturated rings. The second kappa shape index (κ2) is 10.1. The van der Waals surface area contributed by atoms with E-state index in [1.54, 1.807) is 32.9 Å². The molecule has 0 atom stereocenters. The minimum absolute atomic E-state index is 0.0732. The Morgan fingerprint density at radius 2 is 1.79 bits per heavy atom. The van der Waals surface area contributed by atoms with Gasteiger partial charge in [-0.15, -0.1) is 11.8 Å². The molecule has 8 heteroatoms. The number of carbonyl (C=O) groups excluding carboxylic acids is 3. The Labute approximate surface area is 166 Å². The van der Waals surface area contributed by atoms with Crippen molar-refractivity contribution < 1.29 is 28.2 Å². The van der Waals surface area contributed by atoms with Crippen LogP contribution >= 0.6 is 11.8 Å². The molecule has 0 aliphatic rings. The molecule has 0 saturated heterocycles. The van der Waals surface area contributed by atoms with E-state index in [4.69, 9.17) is 9.47 Å². The first-order valence-electron chi connectivity index (χ1n) is 8.70. The van der Waals surface area contributed by atoms with Crippen molar-refractivity contribution in [3.05, 3.63) is 58.2 Å². The average molecular weight is 407 g/mol. The SMILES string of the molecule is CCOC(=O)c1[nH]c(C)c(C(=O)COC(=O)CSCc2ccc(F)cc2)c1C. The third-order valence-electron chi connectivity index (χ3n) is 3.96. The molecule has 0 spiro atoms. The molecule has 1 N–H and O–H groups in total. The lowest BCUT2D eigenvalue weighted by molar-refractivity contribution is -0.139. The number of halogens is 1. The first-order chi connectivity index (χ1) is 13.3. The first-order valence-corrected chi connectivity index (χ1v) is 9.86. The predicted octanol–water partition coefficient (Wildman–Crippen LogP) is 3.61. The third-order valence-corrected chi connectivity index (χ3v) is 4.94. The Bertz CT molecular complexity index is 860. The van der Waals surface area contributed by atoms with Gasteiger partial charge in [0.25, 0.3) is 0 Å². The summed E-state index contributed by atoms with van der Waals surface area (Å²) >= 11 is 1.31. The molecular formula is C20H22FNO5S. The monoisotopic (exact) mass is 407 g/mol. The molecule has 2 aromatic rings. The quantitative estimate of drug-likeness (QED) is 0.505. The van der Waals surface area contributed by atoms with Gasteiger partial charge in [-0.1, -0.05) is 12.1 Å². The molecule has 6 nitrogen and oxygen atoms in total. The molecule has 0 aliphatic heterocycles. The number of hydrogen-bond donors (Lipinski definition) is 1. The number of aromatic nitrogens is 1. The molecule has 0 bridgehead atoms. The molecule has 2 rings (SSSR count). The summed E-state index contributed by atoms with van der Waals surface area (Å²) in [5.74, 6) is -1.15. The van der Waals surface area contributed by atoms with Gasteiger partial charge in [-0.05, 0) is 44.0 Å². The number of H-pyrrole nitrogens is 1. The van der Waals surface area contributed by atoms with Crippen LogP contribution in [-0.4, -0.2) is 41.7 Å². The molecule has 0 unspecified atom stereocenters. The predicted molar refractivity (Wildman–Crippen MR) is 104 cm³/mol. The van der Waals surface area contributed by atoms with Crippen molar-refractivity contribution >= 4 is 29.5 Å². The molecule has 0 saturated carbocycles. The molecule has 150 valence electrons. The second-order valence-electron chi connectivity index (χ2n) is 6.05. The number of hydrogen-bond acceptors (Lipinski definition) is 6. The van der Waals surface area contributed by atoms with Crippen LogP contribution in [0.3, 0.4) is 0 Å². The highest BCUT2D eigenvalue weighted by Gasteiger charge is 2.23. The van der Waals surface area contributed by atoms with Gasteiger partial charge in [-0.25, -0.2) is 9.18 Å². The number of aromatic amines is 1. The van der Waals surface area contributed by atoms with Crippen molar-refractivity contribution in [1.82, 2.24) is 4.98 Å². The lowest BCUT2D eigenvalue weighted by Gasteiger charge is -2.06. The van der Waals surface area contributed by atoms with E-state index < -0.39 is 24.3 Å². The van der Waals surface area contributed by atoms with Crippen molar-refractivity contribution in [3.63, 3.8) is 0 Å². The highest BCUT2D eigenvalue weighted by atomic mass is 32.2. The van der Waals surface area contributed by atoms with Gasteiger partial charge in [-0.3, -0.25) is 9.59 Å². The van der Waals surface area contributed by atoms with Crippen LogP contribution in [0.1, 0.15) is 44.6 Å². The normalized spacial score (nSPS) is 10.6. The van der Waals surface area contributed by atoms with Gasteiger partial charge in [0.2, 0.25) is 5.78 Å². The topological polar surface area (TPSA) is 85.5 Å². The van der Waals surface area contributed by atoms with Crippen LogP contribution in [0, 0.1) is 19.7 Å². The number of ether oxygens (including phenoxy) is 2. The van der Waals surface area contributed by atoms with Crippen molar-refractivity contribution in [2.45, 2.75) is 26.5 Å². The minimum Gasteiger partial charge on any atom is -0.461 e. The number of esters is 2. The number of aryl methyl sites for hydroxylation is 1. The summed E-state index contributed by atoms with van der Waals surface area (Å²) < 4.78 is 22.8. The fraction of sp³-hybridized carbons (Fsp3) is 0.350. The number of nitrogens with one attached hydrogen (secondary N) is 1. The summed E-state index contributed by atoms with van der Waals surface area (Å²) in [4.78, 5) is 39.0. The molecule has 28 heavy (non-hydrogen) atoms. The zero-order valence-corrected chi connectivity index (χ0v) is 16.8. The Kier molecular flexibility index (Phi) is 7.80. The number of benzene rings is 1. The number of thioether (sulfide) groups is 1. The second-order valence-corrected chi connectivity index (χ2v) is 7.03. The lowest BCUT2D eigenvalue weighted by atomic mass is 10.1. The zero-order chi connectivity index (χ0) is 20.7. The van der Waals surface area contributed by atoms with Crippen molar-refractivity contribution in [3.8, 4) is 0 Å². The van der Waals surface area contributed by atoms with Gasteiger partial charge >= 0.3 is 11.9 Å². The van der Waals surface area contributed by atoms with E-state index in [9.17, 15) is 18.8 Å². The van der Waals surface area contributed by atoms with E-state index >= 15 is 0 Å². The molecule has 0 radical (unpaired) electrons. The van der Waals surface area contributed by atoms with E-state index in [1.807, 2.05) is 0 Å². The van der Waals surface area contributed by atoms with Crippen molar-refractivity contribution in [2.24, 2.45) is 0 Å². The minimum atomic E-state index is -0.531. The number of carbonyl (C=O) groups is 3. The Morgan fingerprint density at radius 1 is 1.11 bits per heavy atom. The van der Waals surface area contributed by atoms with Crippen LogP contribution in [0.25, 0.3) is 0 Å². The highest BCUT2D eigenvalue weighted by Crippen LogP contribution is 2.20. The lowest BCUT2D eigenvalue weighted by Crippen LogP contribution is -2.16. The molecule has 0 aliphatic carbocycles. The summed E-state index contributed by atoms with van der Waals surface area (Å²) in [5, 5.41) is 0. The van der Waals surface area contributed by atoms with Crippen molar-refractivity contribution in [2.75, 3.05) is 19.0 Å². The average Bonchev–Trinajstić information content (AvgIpc) is 2.96. The summed E-state index contributed by atoms with van der Waals surface area (Å²) in [6.07, 6.45) is 0. The van der Waals surface area contributed by atoms with Gasteiger partial charge in [0, 0.05) is 17.0 Å². The van der Waals surface area contributed by atoms with E-state index in [1.165, 1.54) is 23.9 Å². The van der Waals surface area contributed by atoms with Crippen LogP contribution in [0.4, 0.5) is 4.39 Å². The summed E-state index contributed by atoms with van der Waals surface area (Å²) in [6.45, 7) is 4.83. The van der Waals surface area contributed by atoms with Crippen LogP contribution < -0.4 is 0 Å². The van der Waals surface area contributed by atoms with Gasteiger partial charge < -0.3 is 14.5 Å². The molecule has 0 amide bonds. The number of rotatable bonds is 9. The maximum atomic E-state index is 12.9. The molecule has 1 aromatic carbocycles. The highest BCUT2D eigenvalue weighted by molar-refractivity contribution is 7.99. The van der Waals surface area contributed by atoms with Gasteiger partial charge in [-0.2, -0.15) is 0 Å². The first kappa shape index (κ1) is 21.7. The number of ketones is 1. The van der Waals surface area contributed by atoms with Crippen molar-refractivity contribution in [1.29, 1.82) is 0 Å². The molecular weight excluding hydrogens is 385 g/mol. The maximum absolute atomic E-state index is 12.9. The van der Waals surface area contributed by atoms with E-state index in [-0.39, 0.29) is 23.9 Å². The van der Waals surface area contributed by atoms with Gasteiger partial charge in [0.15, 0.2) is 6.61 Å². The van der Waals surface area contributed by atoms with Crippen LogP contribution in [-0.2, 0) is 20.0 Å². The summed E-state index contributed by atoms with van der Waals surface area (Å²) in [5.41, 5.74) is 2.44. The molecule has 1 aromatic heterocycles. The van der Waals surface area contributed by atoms with Crippen LogP contribution in [0.2, 0.25) is 0 Å². The standard InChI is InChI=1S/C20H22FNO5S/c1-4-26-20(25)19-12(2)18(13(3)22-19)16(23)9-27-17(24)11-28-10-14-5-7-15(21)8-6-14/h5-8,22H,4,9-11H2,1-3H3. The van der Waals surface area contributed by atoms with Crippen LogP contribution in [0.5, 0.6) is 0 Å². The Morgan fingerprint density at radius 3 is 2.43 bits per heavy atom. The van der Waals surface area contributed by atoms with Gasteiger partial charge in [0.1, 0.15) is 11.5 Å². The van der Waals surface area contributed by atoms with E-state index in [0.717, 1.165) is 5.56 Å². The summed E-state index contributed by atoms with van der Waals surface area (Å²) in [7, 11) is 0. The summed E-state index contributed by atoms with van der Waals surface area (Å²) in [6, 6.07) is 6.02. The van der Waals surface area contributed by atoms with E-state index in [0.29, 0.717) is 22.6 Å². The zero-order valence-electron chi connectivity index (χ0n) is 16.0.